The molecule has 0 radical (unpaired) electrons. The molecule has 10 rings (SSSR count). The van der Waals surface area contributed by atoms with Gasteiger partial charge >= 0.3 is 37.7 Å². The summed E-state index contributed by atoms with van der Waals surface area (Å²) in [4.78, 5) is 63.6. The van der Waals surface area contributed by atoms with Crippen LogP contribution in [0.3, 0.4) is 0 Å². The van der Waals surface area contributed by atoms with E-state index in [4.69, 9.17) is 0 Å². The van der Waals surface area contributed by atoms with E-state index in [1.54, 1.807) is 50.2 Å². The van der Waals surface area contributed by atoms with Crippen molar-refractivity contribution in [1.29, 1.82) is 0 Å². The van der Waals surface area contributed by atoms with Gasteiger partial charge in [-0.1, -0.05) is 23.3 Å². The Morgan fingerprint density at radius 1 is 0.361 bits per heavy atom. The fraction of sp³-hybridized carbons (Fsp3) is 0.0909. The van der Waals surface area contributed by atoms with Gasteiger partial charge in [-0.3, -0.25) is 19.2 Å². The summed E-state index contributed by atoms with van der Waals surface area (Å²) in [5.41, 5.74) is 4.37. The number of aromatic amines is 4. The molecule has 0 spiro atoms. The van der Waals surface area contributed by atoms with E-state index in [1.807, 2.05) is 38.1 Å². The third-order valence-electron chi connectivity index (χ3n) is 10.7. The zero-order chi connectivity index (χ0) is 42.7. The van der Waals surface area contributed by atoms with E-state index in [9.17, 15) is 45.1 Å². The molecular formula is C44H30CaN4O10S2. The Labute approximate surface area is 373 Å². The van der Waals surface area contributed by atoms with E-state index in [1.165, 1.54) is 24.3 Å². The zero-order valence-electron chi connectivity index (χ0n) is 32.7. The normalized spacial score (nSPS) is 12.2. The van der Waals surface area contributed by atoms with Gasteiger partial charge in [-0.25, -0.2) is 16.8 Å². The molecule has 300 valence electrons. The summed E-state index contributed by atoms with van der Waals surface area (Å²) in [5, 5.41) is 2.54. The topological polar surface area (TPSA) is 246 Å². The van der Waals surface area contributed by atoms with Gasteiger partial charge in [0.1, 0.15) is 20.2 Å². The molecule has 4 aromatic heterocycles. The summed E-state index contributed by atoms with van der Waals surface area (Å²) >= 11 is 0. The van der Waals surface area contributed by atoms with Crippen molar-refractivity contribution in [2.45, 2.75) is 37.5 Å². The fourth-order valence-corrected chi connectivity index (χ4v) is 9.41. The summed E-state index contributed by atoms with van der Waals surface area (Å²) in [6, 6.07) is 22.7. The van der Waals surface area contributed by atoms with Gasteiger partial charge in [0.25, 0.3) is 0 Å². The number of hydrogen-bond acceptors (Lipinski definition) is 10. The van der Waals surface area contributed by atoms with Gasteiger partial charge < -0.3 is 29.0 Å². The first-order chi connectivity index (χ1) is 28.3. The summed E-state index contributed by atoms with van der Waals surface area (Å²) in [7, 11) is -9.62. The number of benzene rings is 6. The molecule has 4 heterocycles. The van der Waals surface area contributed by atoms with Crippen LogP contribution in [0.5, 0.6) is 0 Å². The summed E-state index contributed by atoms with van der Waals surface area (Å²) in [5.74, 6) is 0. The Morgan fingerprint density at radius 2 is 0.639 bits per heavy atom. The predicted octanol–water partition coefficient (Wildman–Crippen LogP) is 6.01. The van der Waals surface area contributed by atoms with Gasteiger partial charge in [0, 0.05) is 54.1 Å². The minimum absolute atomic E-state index is 0. The Hall–Kier alpha value is -5.72. The largest absolute Gasteiger partial charge is 2.00 e. The third-order valence-corrected chi connectivity index (χ3v) is 12.4. The maximum atomic E-state index is 13.1. The smallest absolute Gasteiger partial charge is 0.744 e. The predicted molar refractivity (Wildman–Crippen MR) is 236 cm³/mol. The summed E-state index contributed by atoms with van der Waals surface area (Å²) in [6.45, 7) is 7.01. The maximum Gasteiger partial charge on any atom is 2.00 e. The van der Waals surface area contributed by atoms with Crippen molar-refractivity contribution in [3.8, 4) is 0 Å². The van der Waals surface area contributed by atoms with Crippen molar-refractivity contribution in [3.63, 3.8) is 0 Å². The molecule has 17 heteroatoms. The Kier molecular flexibility index (Phi) is 10.1. The molecule has 0 amide bonds. The molecule has 0 bridgehead atoms. The van der Waals surface area contributed by atoms with E-state index in [2.05, 4.69) is 19.9 Å². The SMILES string of the molecule is Cc1ccc2[nH]c3cc4c(=O)c5cc(C)cc(S(=O)(=O)[O-])c5[nH]c4cc3c(=O)c2c1.Cc1ccc2[nH]c3cc4c(=O)c5cc(C)cc(S(=O)(=O)[O-])c5[nH]c4cc3c(=O)c2c1.[Ca+2]. The van der Waals surface area contributed by atoms with Crippen LogP contribution in [0.4, 0.5) is 0 Å². The second-order valence-corrected chi connectivity index (χ2v) is 17.8. The number of rotatable bonds is 2. The van der Waals surface area contributed by atoms with E-state index in [0.717, 1.165) is 11.1 Å². The first-order valence-corrected chi connectivity index (χ1v) is 21.1. The molecule has 0 saturated heterocycles. The standard InChI is InChI=1S/2C22H16N2O5S.Ca/c2*1-10-3-4-16-12(5-10)21(25)13-9-18-14(8-17(13)23-16)22(26)15-6-11(2)7-19(20(15)24-18)30(27,28)29;/h2*3-9H,1-2H3,(H,23,25)(H,24,26)(H,27,28,29);/q;;+2/p-2. The maximum absolute atomic E-state index is 13.1. The molecular weight excluding hydrogens is 849 g/mol. The first-order valence-electron chi connectivity index (χ1n) is 18.3. The third kappa shape index (κ3) is 7.13. The van der Waals surface area contributed by atoms with Gasteiger partial charge in [-0.05, 0) is 112 Å². The summed E-state index contributed by atoms with van der Waals surface area (Å²) < 4.78 is 70.6. The van der Waals surface area contributed by atoms with Crippen LogP contribution >= 0.6 is 0 Å². The van der Waals surface area contributed by atoms with Crippen molar-refractivity contribution >= 4 is 145 Å². The van der Waals surface area contributed by atoms with Crippen LogP contribution in [-0.2, 0) is 20.2 Å². The molecule has 0 saturated carbocycles. The minimum Gasteiger partial charge on any atom is -0.744 e. The van der Waals surface area contributed by atoms with Gasteiger partial charge in [0.2, 0.25) is 0 Å². The molecule has 0 fully saturated rings. The van der Waals surface area contributed by atoms with E-state index < -0.39 is 40.9 Å². The molecule has 14 nitrogen and oxygen atoms in total. The number of pyridine rings is 4. The van der Waals surface area contributed by atoms with Gasteiger partial charge in [0.15, 0.2) is 21.7 Å². The molecule has 0 aliphatic carbocycles. The molecule has 61 heavy (non-hydrogen) atoms. The number of H-pyrrole nitrogens is 4. The van der Waals surface area contributed by atoms with Crippen LogP contribution in [0.25, 0.3) is 87.2 Å². The monoisotopic (exact) mass is 878 g/mol. The fourth-order valence-electron chi connectivity index (χ4n) is 7.93. The van der Waals surface area contributed by atoms with E-state index >= 15 is 0 Å². The molecule has 0 atom stereocenters. The van der Waals surface area contributed by atoms with Crippen LogP contribution in [0.2, 0.25) is 0 Å². The van der Waals surface area contributed by atoms with Crippen molar-refractivity contribution in [2.75, 3.05) is 0 Å². The van der Waals surface area contributed by atoms with Crippen LogP contribution in [-0.4, -0.2) is 83.6 Å². The van der Waals surface area contributed by atoms with Gasteiger partial charge in [-0.2, -0.15) is 0 Å². The van der Waals surface area contributed by atoms with Crippen LogP contribution < -0.4 is 21.7 Å². The van der Waals surface area contributed by atoms with E-state index in [0.29, 0.717) is 54.7 Å². The Bertz CT molecular complexity index is 3830. The van der Waals surface area contributed by atoms with Crippen molar-refractivity contribution < 1.29 is 25.9 Å². The Morgan fingerprint density at radius 3 is 0.967 bits per heavy atom. The second-order valence-electron chi connectivity index (χ2n) is 15.1. The van der Waals surface area contributed by atoms with Crippen LogP contribution in [0.1, 0.15) is 22.3 Å². The Balaban J connectivity index is 0.000000166. The van der Waals surface area contributed by atoms with Crippen LogP contribution in [0.15, 0.2) is 114 Å². The number of nitrogens with one attached hydrogen (secondary N) is 4. The molecule has 0 aliphatic heterocycles. The number of fused-ring (bicyclic) bond motifs is 8. The van der Waals surface area contributed by atoms with E-state index in [-0.39, 0.29) is 92.2 Å². The van der Waals surface area contributed by atoms with Crippen molar-refractivity contribution in [2.24, 2.45) is 0 Å². The first kappa shape index (κ1) is 42.0. The number of hydrogen-bond donors (Lipinski definition) is 4. The van der Waals surface area contributed by atoms with Gasteiger partial charge in [0.05, 0.1) is 42.9 Å². The zero-order valence-corrected chi connectivity index (χ0v) is 36.5. The average Bonchev–Trinajstić information content (AvgIpc) is 3.18. The molecule has 0 aliphatic rings. The number of aromatic nitrogens is 4. The van der Waals surface area contributed by atoms with Crippen molar-refractivity contribution in [1.82, 2.24) is 19.9 Å². The van der Waals surface area contributed by atoms with Crippen molar-refractivity contribution in [3.05, 3.63) is 148 Å². The second kappa shape index (κ2) is 14.7. The summed E-state index contributed by atoms with van der Waals surface area (Å²) in [6.07, 6.45) is 0. The molecule has 4 N–H and O–H groups in total. The van der Waals surface area contributed by atoms with Gasteiger partial charge in [-0.15, -0.1) is 0 Å². The average molecular weight is 879 g/mol. The van der Waals surface area contributed by atoms with Crippen LogP contribution in [0, 0.1) is 27.7 Å². The minimum atomic E-state index is -4.81. The molecule has 6 aromatic carbocycles. The quantitative estimate of drug-likeness (QED) is 0.0894. The molecule has 10 aromatic rings. The number of aryl methyl sites for hydroxylation is 4. The molecule has 0 unspecified atom stereocenters.